The Kier molecular flexibility index (Phi) is 7.02. The number of hydrogen-bond donors (Lipinski definition) is 1. The van der Waals surface area contributed by atoms with Crippen molar-refractivity contribution < 1.29 is 4.74 Å². The van der Waals surface area contributed by atoms with Crippen LogP contribution in [0.5, 0.6) is 0 Å². The molecule has 0 saturated carbocycles. The molecule has 1 aliphatic rings. The first-order chi connectivity index (χ1) is 13.6. The van der Waals surface area contributed by atoms with E-state index in [1.807, 2.05) is 43.4 Å². The average Bonchev–Trinajstić information content (AvgIpc) is 3.40. The summed E-state index contributed by atoms with van der Waals surface area (Å²) in [5.74, 6) is 3.19. The van der Waals surface area contributed by atoms with Crippen molar-refractivity contribution in [3.8, 4) is 0 Å². The minimum absolute atomic E-state index is 0.487. The van der Waals surface area contributed by atoms with Gasteiger partial charge in [0.1, 0.15) is 12.4 Å². The molecule has 1 N–H and O–H groups in total. The Morgan fingerprint density at radius 2 is 2.21 bits per heavy atom. The van der Waals surface area contributed by atoms with Crippen LogP contribution in [0.25, 0.3) is 0 Å². The molecule has 0 spiro atoms. The maximum Gasteiger partial charge on any atom is 0.194 e. The van der Waals surface area contributed by atoms with Gasteiger partial charge in [-0.25, -0.2) is 4.99 Å². The molecule has 1 fully saturated rings. The van der Waals surface area contributed by atoms with Crippen molar-refractivity contribution in [3.05, 3.63) is 29.6 Å². The first-order valence-corrected chi connectivity index (χ1v) is 10.0. The molecule has 0 aliphatic carbocycles. The van der Waals surface area contributed by atoms with Crippen molar-refractivity contribution in [2.24, 2.45) is 19.1 Å². The van der Waals surface area contributed by atoms with Crippen LogP contribution in [0, 0.1) is 6.92 Å². The Balaban J connectivity index is 1.65. The van der Waals surface area contributed by atoms with E-state index in [0.29, 0.717) is 12.5 Å². The molecule has 0 aromatic carbocycles. The average molecular weight is 389 g/mol. The van der Waals surface area contributed by atoms with Gasteiger partial charge < -0.3 is 19.5 Å². The number of aliphatic imine (C=N–C) groups is 1. The van der Waals surface area contributed by atoms with Gasteiger partial charge in [0.05, 0.1) is 6.20 Å². The molecule has 9 nitrogen and oxygen atoms in total. The molecule has 2 aromatic heterocycles. The van der Waals surface area contributed by atoms with E-state index in [9.17, 15) is 0 Å². The smallest absolute Gasteiger partial charge is 0.194 e. The molecule has 3 rings (SSSR count). The van der Waals surface area contributed by atoms with Crippen LogP contribution in [0.3, 0.4) is 0 Å². The summed E-state index contributed by atoms with van der Waals surface area (Å²) in [5.41, 5.74) is 1.30. The molecule has 0 bridgehead atoms. The summed E-state index contributed by atoms with van der Waals surface area (Å²) in [4.78, 5) is 7.18. The van der Waals surface area contributed by atoms with E-state index in [0.717, 1.165) is 63.3 Å². The maximum absolute atomic E-state index is 5.44. The molecule has 1 aliphatic heterocycles. The monoisotopic (exact) mass is 388 g/mol. The second kappa shape index (κ2) is 9.68. The Morgan fingerprint density at radius 1 is 1.36 bits per heavy atom. The molecule has 2 aromatic rings. The molecule has 9 heteroatoms. The Labute approximate surface area is 166 Å². The number of aromatic nitrogens is 5. The highest BCUT2D eigenvalue weighted by molar-refractivity contribution is 5.80. The van der Waals surface area contributed by atoms with Crippen LogP contribution < -0.4 is 5.32 Å². The van der Waals surface area contributed by atoms with Gasteiger partial charge in [-0.1, -0.05) is 0 Å². The van der Waals surface area contributed by atoms with E-state index < -0.39 is 0 Å². The quantitative estimate of drug-likeness (QED) is 0.416. The standard InChI is InChI=1S/C19H32N8O/c1-5-28-10-6-8-20-19(21-12-18-24-23-15(2)26(18)4)27-9-7-16(14-27)17-11-22-25(3)13-17/h11,13,16H,5-10,12,14H2,1-4H3,(H,20,21). The first kappa shape index (κ1) is 20.3. The summed E-state index contributed by atoms with van der Waals surface area (Å²) in [6, 6.07) is 0. The van der Waals surface area contributed by atoms with Crippen molar-refractivity contribution in [2.45, 2.75) is 39.2 Å². The molecule has 0 amide bonds. The second-order valence-corrected chi connectivity index (χ2v) is 7.22. The van der Waals surface area contributed by atoms with Crippen molar-refractivity contribution in [3.63, 3.8) is 0 Å². The summed E-state index contributed by atoms with van der Waals surface area (Å²) in [6.07, 6.45) is 6.15. The molecule has 3 heterocycles. The number of hydrogen-bond acceptors (Lipinski definition) is 5. The fourth-order valence-corrected chi connectivity index (χ4v) is 3.40. The minimum Gasteiger partial charge on any atom is -0.382 e. The zero-order valence-electron chi connectivity index (χ0n) is 17.4. The highest BCUT2D eigenvalue weighted by atomic mass is 16.5. The van der Waals surface area contributed by atoms with E-state index in [1.54, 1.807) is 0 Å². The Hall–Kier alpha value is -2.42. The lowest BCUT2D eigenvalue weighted by Crippen LogP contribution is -2.40. The van der Waals surface area contributed by atoms with Gasteiger partial charge >= 0.3 is 0 Å². The number of likely N-dealkylation sites (tertiary alicyclic amines) is 1. The predicted molar refractivity (Wildman–Crippen MR) is 108 cm³/mol. The van der Waals surface area contributed by atoms with Gasteiger partial charge in [0, 0.05) is 59.1 Å². The van der Waals surface area contributed by atoms with Crippen LogP contribution in [0.2, 0.25) is 0 Å². The summed E-state index contributed by atoms with van der Waals surface area (Å²) < 4.78 is 9.30. The third-order valence-electron chi connectivity index (χ3n) is 5.19. The zero-order valence-corrected chi connectivity index (χ0v) is 17.4. The summed E-state index contributed by atoms with van der Waals surface area (Å²) in [6.45, 7) is 8.76. The van der Waals surface area contributed by atoms with E-state index in [1.165, 1.54) is 5.56 Å². The number of nitrogens with one attached hydrogen (secondary N) is 1. The molecule has 1 unspecified atom stereocenters. The molecule has 1 atom stereocenters. The minimum atomic E-state index is 0.487. The number of aryl methyl sites for hydroxylation is 2. The van der Waals surface area contributed by atoms with Crippen molar-refractivity contribution in [2.75, 3.05) is 32.8 Å². The molecule has 154 valence electrons. The highest BCUT2D eigenvalue weighted by Gasteiger charge is 2.27. The largest absolute Gasteiger partial charge is 0.382 e. The van der Waals surface area contributed by atoms with Gasteiger partial charge in [0.15, 0.2) is 11.8 Å². The van der Waals surface area contributed by atoms with Crippen LogP contribution in [-0.4, -0.2) is 68.3 Å². The topological polar surface area (TPSA) is 85.4 Å². The van der Waals surface area contributed by atoms with E-state index in [2.05, 4.69) is 31.7 Å². The molecule has 28 heavy (non-hydrogen) atoms. The highest BCUT2D eigenvalue weighted by Crippen LogP contribution is 2.26. The number of ether oxygens (including phenoxy) is 1. The number of rotatable bonds is 8. The Morgan fingerprint density at radius 3 is 2.89 bits per heavy atom. The Bertz CT molecular complexity index is 781. The van der Waals surface area contributed by atoms with Crippen LogP contribution in [0.1, 0.15) is 42.9 Å². The number of guanidine groups is 1. The predicted octanol–water partition coefficient (Wildman–Crippen LogP) is 1.22. The van der Waals surface area contributed by atoms with Gasteiger partial charge in [-0.05, 0) is 32.3 Å². The van der Waals surface area contributed by atoms with Gasteiger partial charge in [0.25, 0.3) is 0 Å². The van der Waals surface area contributed by atoms with Crippen molar-refractivity contribution >= 4 is 5.96 Å². The SMILES string of the molecule is CCOCCCNC(=NCc1nnc(C)n1C)N1CCC(c2cnn(C)c2)C1. The van der Waals surface area contributed by atoms with Crippen LogP contribution in [0.4, 0.5) is 0 Å². The zero-order chi connectivity index (χ0) is 19.9. The molecular weight excluding hydrogens is 356 g/mol. The van der Waals surface area contributed by atoms with Crippen molar-refractivity contribution in [1.82, 2.24) is 34.8 Å². The fourth-order valence-electron chi connectivity index (χ4n) is 3.40. The fraction of sp³-hybridized carbons (Fsp3) is 0.684. The van der Waals surface area contributed by atoms with Crippen molar-refractivity contribution in [1.29, 1.82) is 0 Å². The molecule has 1 saturated heterocycles. The third kappa shape index (κ3) is 5.09. The summed E-state index contributed by atoms with van der Waals surface area (Å²) in [5, 5.41) is 16.2. The number of nitrogens with zero attached hydrogens (tertiary/aromatic N) is 7. The van der Waals surface area contributed by atoms with E-state index in [4.69, 9.17) is 9.73 Å². The van der Waals surface area contributed by atoms with Gasteiger partial charge in [0.2, 0.25) is 0 Å². The first-order valence-electron chi connectivity index (χ1n) is 10.0. The lowest BCUT2D eigenvalue weighted by Gasteiger charge is -2.22. The van der Waals surface area contributed by atoms with Crippen LogP contribution >= 0.6 is 0 Å². The third-order valence-corrected chi connectivity index (χ3v) is 5.19. The lowest BCUT2D eigenvalue weighted by molar-refractivity contribution is 0.145. The summed E-state index contributed by atoms with van der Waals surface area (Å²) >= 11 is 0. The van der Waals surface area contributed by atoms with E-state index in [-0.39, 0.29) is 0 Å². The maximum atomic E-state index is 5.44. The van der Waals surface area contributed by atoms with Crippen LogP contribution in [0.15, 0.2) is 17.4 Å². The summed E-state index contributed by atoms with van der Waals surface area (Å²) in [7, 11) is 3.94. The lowest BCUT2D eigenvalue weighted by atomic mass is 10.0. The molecule has 0 radical (unpaired) electrons. The normalized spacial score (nSPS) is 17.5. The van der Waals surface area contributed by atoms with Gasteiger partial charge in [-0.2, -0.15) is 5.10 Å². The van der Waals surface area contributed by atoms with Gasteiger partial charge in [-0.3, -0.25) is 4.68 Å². The molecular formula is C19H32N8O. The second-order valence-electron chi connectivity index (χ2n) is 7.22. The van der Waals surface area contributed by atoms with E-state index >= 15 is 0 Å². The van der Waals surface area contributed by atoms with Gasteiger partial charge in [-0.15, -0.1) is 10.2 Å². The van der Waals surface area contributed by atoms with Crippen LogP contribution in [-0.2, 0) is 25.4 Å².